The van der Waals surface area contributed by atoms with E-state index >= 15 is 0 Å². The molecule has 2 aromatic carbocycles. The van der Waals surface area contributed by atoms with Gasteiger partial charge in [0.2, 0.25) is 5.82 Å². The van der Waals surface area contributed by atoms with Crippen molar-refractivity contribution >= 4 is 17.3 Å². The topological polar surface area (TPSA) is 61.0 Å². The average Bonchev–Trinajstić information content (AvgIpc) is 3.36. The van der Waals surface area contributed by atoms with Gasteiger partial charge in [-0.25, -0.2) is 4.98 Å². The van der Waals surface area contributed by atoms with E-state index in [2.05, 4.69) is 4.98 Å². The highest BCUT2D eigenvalue weighted by atomic mass is 35.5. The maximum atomic E-state index is 13.9. The van der Waals surface area contributed by atoms with Gasteiger partial charge in [-0.15, -0.1) is 0 Å². The third kappa shape index (κ3) is 3.08. The van der Waals surface area contributed by atoms with Crippen LogP contribution in [-0.4, -0.2) is 14.5 Å². The van der Waals surface area contributed by atoms with Crippen molar-refractivity contribution in [3.05, 3.63) is 81.0 Å². The Kier molecular flexibility index (Phi) is 4.20. The van der Waals surface area contributed by atoms with E-state index in [4.69, 9.17) is 11.6 Å². The van der Waals surface area contributed by atoms with Crippen LogP contribution in [-0.2, 0) is 6.54 Å². The number of halogens is 2. The molecule has 4 rings (SSSR count). The van der Waals surface area contributed by atoms with Gasteiger partial charge in [0.05, 0.1) is 22.0 Å². The Bertz CT molecular complexity index is 998. The maximum Gasteiger partial charge on any atom is 0.304 e. The van der Waals surface area contributed by atoms with Crippen molar-refractivity contribution < 1.29 is 9.31 Å². The minimum atomic E-state index is -0.827. The van der Waals surface area contributed by atoms with E-state index in [0.29, 0.717) is 23.0 Å². The molecule has 0 aliphatic heterocycles. The summed E-state index contributed by atoms with van der Waals surface area (Å²) in [5.74, 6) is -0.418. The van der Waals surface area contributed by atoms with Crippen LogP contribution in [0.4, 0.5) is 10.1 Å². The molecule has 1 aliphatic carbocycles. The molecular weight excluding hydrogens is 357 g/mol. The minimum absolute atomic E-state index is 0.401. The van der Waals surface area contributed by atoms with Crippen LogP contribution in [0.1, 0.15) is 30.0 Å². The molecule has 1 aromatic heterocycles. The highest BCUT2D eigenvalue weighted by Gasteiger charge is 2.31. The van der Waals surface area contributed by atoms with Crippen molar-refractivity contribution in [2.45, 2.75) is 25.3 Å². The van der Waals surface area contributed by atoms with Crippen LogP contribution in [0, 0.1) is 15.9 Å². The average molecular weight is 372 g/mol. The Hall–Kier alpha value is -2.73. The molecule has 0 N–H and O–H groups in total. The first-order valence-corrected chi connectivity index (χ1v) is 8.65. The molecule has 0 unspecified atom stereocenters. The zero-order chi connectivity index (χ0) is 18.3. The first-order valence-electron chi connectivity index (χ1n) is 8.27. The van der Waals surface area contributed by atoms with Gasteiger partial charge in [-0.05, 0) is 30.5 Å². The molecule has 132 valence electrons. The first-order chi connectivity index (χ1) is 12.5. The number of aromatic nitrogens is 2. The summed E-state index contributed by atoms with van der Waals surface area (Å²) in [7, 11) is 0. The Morgan fingerprint density at radius 1 is 1.27 bits per heavy atom. The number of nitrogens with zero attached hydrogens (tertiary/aromatic N) is 3. The summed E-state index contributed by atoms with van der Waals surface area (Å²) in [5, 5.41) is 11.4. The lowest BCUT2D eigenvalue weighted by molar-refractivity contribution is -0.387. The summed E-state index contributed by atoms with van der Waals surface area (Å²) < 4.78 is 15.9. The Labute approximate surface area is 154 Å². The van der Waals surface area contributed by atoms with Crippen molar-refractivity contribution in [1.82, 2.24) is 9.55 Å². The second-order valence-corrected chi connectivity index (χ2v) is 6.81. The summed E-state index contributed by atoms with van der Waals surface area (Å²) in [6.07, 6.45) is 3.89. The Morgan fingerprint density at radius 2 is 2.04 bits per heavy atom. The van der Waals surface area contributed by atoms with Crippen LogP contribution in [0.3, 0.4) is 0 Å². The highest BCUT2D eigenvalue weighted by molar-refractivity contribution is 6.33. The van der Waals surface area contributed by atoms with Crippen molar-refractivity contribution in [2.24, 2.45) is 0 Å². The maximum absolute atomic E-state index is 13.9. The molecule has 1 fully saturated rings. The fourth-order valence-corrected chi connectivity index (χ4v) is 3.38. The molecular formula is C19H15ClFN3O2. The quantitative estimate of drug-likeness (QED) is 0.458. The largest absolute Gasteiger partial charge is 0.329 e. The van der Waals surface area contributed by atoms with E-state index in [1.54, 1.807) is 12.4 Å². The van der Waals surface area contributed by atoms with Gasteiger partial charge in [0.1, 0.15) is 0 Å². The summed E-state index contributed by atoms with van der Waals surface area (Å²) in [5.41, 5.74) is 2.94. The SMILES string of the molecule is O=[N+]([O-])c1ccc(Cn2cnc(-c3ccccc3Cl)c2C2CC2)cc1F. The summed E-state index contributed by atoms with van der Waals surface area (Å²) in [4.78, 5) is 14.6. The van der Waals surface area contributed by atoms with E-state index in [9.17, 15) is 14.5 Å². The number of nitro groups is 1. The lowest BCUT2D eigenvalue weighted by Crippen LogP contribution is -2.04. The van der Waals surface area contributed by atoms with Gasteiger partial charge >= 0.3 is 5.69 Å². The molecule has 0 radical (unpaired) electrons. The van der Waals surface area contributed by atoms with Gasteiger partial charge in [0.15, 0.2) is 0 Å². The molecule has 0 atom stereocenters. The number of imidazole rings is 1. The van der Waals surface area contributed by atoms with Crippen LogP contribution in [0.2, 0.25) is 5.02 Å². The normalized spacial score (nSPS) is 13.8. The molecule has 0 saturated heterocycles. The number of hydrogen-bond acceptors (Lipinski definition) is 3. The fraction of sp³-hybridized carbons (Fsp3) is 0.211. The standard InChI is InChI=1S/C19H15ClFN3O2/c20-15-4-2-1-3-14(15)18-19(13-6-7-13)23(11-22-18)10-12-5-8-17(24(25)26)16(21)9-12/h1-5,8-9,11,13H,6-7,10H2. The van der Waals surface area contributed by atoms with Crippen LogP contribution >= 0.6 is 11.6 Å². The zero-order valence-electron chi connectivity index (χ0n) is 13.7. The monoisotopic (exact) mass is 371 g/mol. The minimum Gasteiger partial charge on any atom is -0.329 e. The molecule has 1 aliphatic rings. The Balaban J connectivity index is 1.71. The van der Waals surface area contributed by atoms with Gasteiger partial charge in [0.25, 0.3) is 0 Å². The summed E-state index contributed by atoms with van der Waals surface area (Å²) in [6, 6.07) is 11.6. The predicted molar refractivity (Wildman–Crippen MR) is 96.8 cm³/mol. The summed E-state index contributed by atoms with van der Waals surface area (Å²) in [6.45, 7) is 0.401. The highest BCUT2D eigenvalue weighted by Crippen LogP contribution is 2.45. The van der Waals surface area contributed by atoms with Crippen LogP contribution < -0.4 is 0 Å². The van der Waals surface area contributed by atoms with Gasteiger partial charge in [-0.3, -0.25) is 10.1 Å². The second-order valence-electron chi connectivity index (χ2n) is 6.40. The van der Waals surface area contributed by atoms with Gasteiger partial charge in [0, 0.05) is 29.8 Å². The lowest BCUT2D eigenvalue weighted by Gasteiger charge is -2.10. The smallest absolute Gasteiger partial charge is 0.304 e. The molecule has 0 bridgehead atoms. The Morgan fingerprint density at radius 3 is 2.69 bits per heavy atom. The lowest BCUT2D eigenvalue weighted by atomic mass is 10.1. The molecule has 3 aromatic rings. The van der Waals surface area contributed by atoms with Crippen LogP contribution in [0.5, 0.6) is 0 Å². The van der Waals surface area contributed by atoms with Crippen molar-refractivity contribution in [1.29, 1.82) is 0 Å². The van der Waals surface area contributed by atoms with Crippen molar-refractivity contribution in [3.63, 3.8) is 0 Å². The second kappa shape index (κ2) is 6.53. The van der Waals surface area contributed by atoms with Gasteiger partial charge < -0.3 is 4.57 Å². The molecule has 26 heavy (non-hydrogen) atoms. The van der Waals surface area contributed by atoms with E-state index in [1.165, 1.54) is 12.1 Å². The van der Waals surface area contributed by atoms with E-state index < -0.39 is 16.4 Å². The van der Waals surface area contributed by atoms with Gasteiger partial charge in [-0.1, -0.05) is 35.9 Å². The predicted octanol–water partition coefficient (Wildman–Crippen LogP) is 5.18. The van der Waals surface area contributed by atoms with Gasteiger partial charge in [-0.2, -0.15) is 4.39 Å². The fourth-order valence-electron chi connectivity index (χ4n) is 3.16. The van der Waals surface area contributed by atoms with Crippen LogP contribution in [0.25, 0.3) is 11.3 Å². The third-order valence-electron chi connectivity index (χ3n) is 4.53. The molecule has 5 nitrogen and oxygen atoms in total. The van der Waals surface area contributed by atoms with E-state index in [-0.39, 0.29) is 0 Å². The molecule has 0 spiro atoms. The van der Waals surface area contributed by atoms with Crippen molar-refractivity contribution in [3.8, 4) is 11.3 Å². The zero-order valence-corrected chi connectivity index (χ0v) is 14.5. The number of rotatable bonds is 5. The van der Waals surface area contributed by atoms with E-state index in [0.717, 1.165) is 29.8 Å². The third-order valence-corrected chi connectivity index (χ3v) is 4.86. The van der Waals surface area contributed by atoms with E-state index in [1.807, 2.05) is 28.8 Å². The summed E-state index contributed by atoms with van der Waals surface area (Å²) >= 11 is 6.33. The number of hydrogen-bond donors (Lipinski definition) is 0. The molecule has 0 amide bonds. The number of nitro benzene ring substituents is 1. The first kappa shape index (κ1) is 16.7. The molecule has 7 heteroatoms. The molecule has 1 saturated carbocycles. The molecule has 1 heterocycles. The van der Waals surface area contributed by atoms with Crippen LogP contribution in [0.15, 0.2) is 48.8 Å². The van der Waals surface area contributed by atoms with Crippen molar-refractivity contribution in [2.75, 3.05) is 0 Å². The number of benzene rings is 2.